The first kappa shape index (κ1) is 105. The molecule has 0 bridgehead atoms. The second-order valence-corrected chi connectivity index (χ2v) is 32.7. The van der Waals surface area contributed by atoms with Crippen LogP contribution in [0.2, 0.25) is 0 Å². The zero-order valence-electron chi connectivity index (χ0n) is 72.1. The van der Waals surface area contributed by atoms with Gasteiger partial charge in [0.2, 0.25) is 59.1 Å². The number of amides is 10. The second-order valence-electron chi connectivity index (χ2n) is 32.7. The van der Waals surface area contributed by atoms with Crippen LogP contribution in [0.3, 0.4) is 0 Å². The van der Waals surface area contributed by atoms with Crippen LogP contribution in [0.1, 0.15) is 290 Å². The van der Waals surface area contributed by atoms with Crippen LogP contribution in [0.5, 0.6) is 0 Å². The maximum atomic E-state index is 15.6. The van der Waals surface area contributed by atoms with Crippen molar-refractivity contribution in [3.63, 3.8) is 0 Å². The molecule has 0 fully saturated rings. The van der Waals surface area contributed by atoms with Gasteiger partial charge in [0.1, 0.15) is 30.2 Å². The van der Waals surface area contributed by atoms with Crippen molar-refractivity contribution >= 4 is 94.9 Å². The summed E-state index contributed by atoms with van der Waals surface area (Å²) in [5, 5.41) is 14.7. The molecule has 0 aromatic carbocycles. The smallest absolute Gasteiger partial charge is 0.305 e. The lowest BCUT2D eigenvalue weighted by atomic mass is 10.0. The summed E-state index contributed by atoms with van der Waals surface area (Å²) in [4.78, 5) is 229. The van der Waals surface area contributed by atoms with Crippen LogP contribution in [-0.4, -0.2) is 254 Å². The lowest BCUT2D eigenvalue weighted by molar-refractivity contribution is -0.145. The number of carbonyl (C=O) groups excluding carboxylic acids is 16. The van der Waals surface area contributed by atoms with Crippen LogP contribution >= 0.6 is 0 Å². The zero-order valence-corrected chi connectivity index (χ0v) is 72.1. The Hall–Kier alpha value is -8.48. The highest BCUT2D eigenvalue weighted by molar-refractivity contribution is 5.92. The Morgan fingerprint density at radius 1 is 0.248 bits per heavy atom. The van der Waals surface area contributed by atoms with Crippen LogP contribution in [0, 0.1) is 0 Å². The first-order valence-electron chi connectivity index (χ1n) is 40.3. The fraction of sp³-hybridized carbons (Fsp3) is 0.802. The van der Waals surface area contributed by atoms with Gasteiger partial charge in [-0.15, -0.1) is 0 Å². The molecule has 0 aliphatic heterocycles. The van der Waals surface area contributed by atoms with E-state index >= 15 is 14.4 Å². The molecule has 648 valence electrons. The van der Waals surface area contributed by atoms with Crippen LogP contribution in [0.25, 0.3) is 0 Å². The number of unbranched alkanes of at least 4 members (excludes halogenated alkanes) is 2. The van der Waals surface area contributed by atoms with Crippen molar-refractivity contribution in [3.8, 4) is 0 Å². The van der Waals surface area contributed by atoms with Crippen LogP contribution in [0.15, 0.2) is 0 Å². The number of rotatable bonds is 56. The van der Waals surface area contributed by atoms with Gasteiger partial charge in [-0.25, -0.2) is 0 Å². The Kier molecular flexibility index (Phi) is 51.0. The highest BCUT2D eigenvalue weighted by Crippen LogP contribution is 2.24. The van der Waals surface area contributed by atoms with Gasteiger partial charge in [0.05, 0.1) is 42.7 Å². The van der Waals surface area contributed by atoms with E-state index in [1.54, 1.807) is 83.1 Å². The van der Waals surface area contributed by atoms with Crippen molar-refractivity contribution in [2.45, 2.75) is 342 Å². The summed E-state index contributed by atoms with van der Waals surface area (Å²) in [6.45, 7) is 24.5. The number of methoxy groups -OCH3 is 6. The van der Waals surface area contributed by atoms with E-state index in [2.05, 4.69) is 26.6 Å². The van der Waals surface area contributed by atoms with E-state index in [1.165, 1.54) is 67.2 Å². The van der Waals surface area contributed by atoms with Crippen molar-refractivity contribution < 1.29 is 105 Å². The first-order chi connectivity index (χ1) is 52.9. The number of hydrogen-bond acceptors (Lipinski definition) is 22. The average Bonchev–Trinajstić information content (AvgIpc) is 0.857. The summed E-state index contributed by atoms with van der Waals surface area (Å²) in [5.74, 6) is -8.77. The molecule has 10 amide bonds. The molecule has 0 saturated carbocycles. The predicted octanol–water partition coefficient (Wildman–Crippen LogP) is 7.53. The van der Waals surface area contributed by atoms with E-state index in [9.17, 15) is 62.3 Å². The topological polar surface area (TPSA) is 405 Å². The molecule has 0 aliphatic rings. The molecule has 5 unspecified atom stereocenters. The fourth-order valence-electron chi connectivity index (χ4n) is 12.6. The molecular weight excluding hydrogens is 1460 g/mol. The van der Waals surface area contributed by atoms with E-state index in [4.69, 9.17) is 28.4 Å². The van der Waals surface area contributed by atoms with E-state index in [0.29, 0.717) is 25.7 Å². The number of ether oxygens (including phenoxy) is 6. The number of nitrogens with one attached hydrogen (secondary N) is 5. The van der Waals surface area contributed by atoms with Crippen LogP contribution in [-0.2, 0) is 105 Å². The highest BCUT2D eigenvalue weighted by atomic mass is 16.5. The number of hydrogen-bond donors (Lipinski definition) is 5. The lowest BCUT2D eigenvalue weighted by Crippen LogP contribution is -2.54. The molecule has 0 heterocycles. The Bertz CT molecular complexity index is 3030. The molecule has 5 atom stereocenters. The van der Waals surface area contributed by atoms with Crippen molar-refractivity contribution in [2.24, 2.45) is 0 Å². The highest BCUT2D eigenvalue weighted by Gasteiger charge is 2.38. The zero-order chi connectivity index (χ0) is 86.2. The second kappa shape index (κ2) is 55.1. The normalized spacial score (nSPS) is 12.8. The van der Waals surface area contributed by atoms with Gasteiger partial charge < -0.3 is 79.5 Å². The molecule has 0 rings (SSSR count). The van der Waals surface area contributed by atoms with Gasteiger partial charge >= 0.3 is 35.8 Å². The van der Waals surface area contributed by atoms with Gasteiger partial charge in [0.25, 0.3) is 0 Å². The standard InChI is InChI=1S/C81H142N10O22/c1-21-23-35-58(74(104)83-78(3,4)5)89(54-32-48-70(100)111-18)64(94)42-29-41-63(93)88(53-31-44-66(96)91(56-34-50-72(102)113-20)61(39-28-47-69(99)110-17)77(107)86-81(12,13)14)57(36-25-40-62(92)87(52-24-22-2)59(37-26-45-67(97)108-15)75(105)84-79(6,7)8)73(103)82-51-30-43-65(95)90(55-33-49-71(101)112-19)60(38-27-46-68(98)109-16)76(106)85-80(9,10)11/h57-61H,21-56H2,1-20H3,(H,82,103)(H,83,104)(H,84,105)(H,85,106)(H,86,107). The first-order valence-corrected chi connectivity index (χ1v) is 40.3. The Labute approximate surface area is 672 Å². The molecule has 113 heavy (non-hydrogen) atoms. The third-order valence-corrected chi connectivity index (χ3v) is 18.2. The molecular formula is C81H142N10O22. The van der Waals surface area contributed by atoms with Crippen LogP contribution in [0.4, 0.5) is 0 Å². The minimum absolute atomic E-state index is 0.0108. The fourth-order valence-corrected chi connectivity index (χ4v) is 12.6. The van der Waals surface area contributed by atoms with Crippen molar-refractivity contribution in [2.75, 3.05) is 81.9 Å². The monoisotopic (exact) mass is 1610 g/mol. The number of carbonyl (C=O) groups is 16. The SMILES string of the molecule is CCCCC(C(=O)NC(C)(C)C)N(CCCC(=O)OC)C(=O)CCCC(=O)N(CCCC(=O)N(CCCC(=O)OC)C(CCCC(=O)OC)C(=O)NC(C)(C)C)C(CCCC(=O)N(CCCC)C(CCCC(=O)OC)C(=O)NC(C)(C)C)C(=O)NCCCC(=O)N(CCCC(=O)OC)C(CCCC(=O)OC)C(=O)NC(C)(C)C. The summed E-state index contributed by atoms with van der Waals surface area (Å²) in [7, 11) is 7.36. The molecule has 0 aromatic rings. The lowest BCUT2D eigenvalue weighted by Gasteiger charge is -2.35. The van der Waals surface area contributed by atoms with E-state index in [1.807, 2.05) is 13.8 Å². The third-order valence-electron chi connectivity index (χ3n) is 18.2. The molecule has 5 N–H and O–H groups in total. The van der Waals surface area contributed by atoms with Gasteiger partial charge in [-0.1, -0.05) is 33.1 Å². The van der Waals surface area contributed by atoms with E-state index in [0.717, 1.165) is 0 Å². The maximum absolute atomic E-state index is 15.6. The van der Waals surface area contributed by atoms with Crippen molar-refractivity contribution in [1.82, 2.24) is 51.1 Å². The molecule has 0 aliphatic carbocycles. The summed E-state index contributed by atoms with van der Waals surface area (Å²) < 4.78 is 29.3. The van der Waals surface area contributed by atoms with Gasteiger partial charge in [-0.05, 0) is 186 Å². The van der Waals surface area contributed by atoms with Crippen molar-refractivity contribution in [1.29, 1.82) is 0 Å². The number of nitrogens with zero attached hydrogens (tertiary/aromatic N) is 5. The molecule has 32 nitrogen and oxygen atoms in total. The minimum Gasteiger partial charge on any atom is -0.469 e. The van der Waals surface area contributed by atoms with Gasteiger partial charge in [-0.3, -0.25) is 76.7 Å². The average molecular weight is 1610 g/mol. The Balaban J connectivity index is 8.73. The Morgan fingerprint density at radius 3 is 0.690 bits per heavy atom. The molecule has 0 radical (unpaired) electrons. The predicted molar refractivity (Wildman–Crippen MR) is 424 cm³/mol. The van der Waals surface area contributed by atoms with Gasteiger partial charge in [0, 0.05) is 132 Å². The number of esters is 6. The largest absolute Gasteiger partial charge is 0.469 e. The summed E-state index contributed by atoms with van der Waals surface area (Å²) in [6, 6.07) is -5.79. The van der Waals surface area contributed by atoms with E-state index in [-0.39, 0.29) is 200 Å². The Morgan fingerprint density at radius 2 is 0.442 bits per heavy atom. The van der Waals surface area contributed by atoms with Crippen LogP contribution < -0.4 is 26.6 Å². The summed E-state index contributed by atoms with van der Waals surface area (Å²) >= 11 is 0. The molecule has 0 aromatic heterocycles. The third kappa shape index (κ3) is 45.9. The van der Waals surface area contributed by atoms with E-state index < -0.39 is 154 Å². The van der Waals surface area contributed by atoms with Gasteiger partial charge in [0.15, 0.2) is 0 Å². The summed E-state index contributed by atoms with van der Waals surface area (Å²) in [5.41, 5.74) is -2.98. The molecule has 0 spiro atoms. The van der Waals surface area contributed by atoms with Crippen molar-refractivity contribution in [3.05, 3.63) is 0 Å². The molecule has 0 saturated heterocycles. The minimum atomic E-state index is -1.47. The quantitative estimate of drug-likeness (QED) is 0.0223. The maximum Gasteiger partial charge on any atom is 0.305 e. The molecule has 32 heteroatoms. The summed E-state index contributed by atoms with van der Waals surface area (Å²) in [6.07, 6.45) is 0.673. The van der Waals surface area contributed by atoms with Gasteiger partial charge in [-0.2, -0.15) is 0 Å².